The second kappa shape index (κ2) is 3.63. The van der Waals surface area contributed by atoms with Crippen molar-refractivity contribution in [2.75, 3.05) is 0 Å². The molecule has 0 saturated heterocycles. The highest BCUT2D eigenvalue weighted by molar-refractivity contribution is 7.94. The third-order valence-electron chi connectivity index (χ3n) is 1.63. The summed E-state index contributed by atoms with van der Waals surface area (Å²) in [6.45, 7) is 3.11. The van der Waals surface area contributed by atoms with Crippen molar-refractivity contribution in [3.05, 3.63) is 41.8 Å². The van der Waals surface area contributed by atoms with E-state index < -0.39 is 15.8 Å². The van der Waals surface area contributed by atoms with Gasteiger partial charge in [0.05, 0.1) is 10.9 Å². The van der Waals surface area contributed by atoms with Gasteiger partial charge in [-0.1, -0.05) is 24.8 Å². The molecule has 0 heterocycles. The molecule has 1 aromatic rings. The first kappa shape index (κ1) is 10.5. The van der Waals surface area contributed by atoms with Crippen LogP contribution in [0.3, 0.4) is 0 Å². The summed E-state index contributed by atoms with van der Waals surface area (Å²) in [5.74, 6) is -1.52. The summed E-state index contributed by atoms with van der Waals surface area (Å²) in [7, 11) is -3.73. The molecule has 1 rings (SSSR count). The van der Waals surface area contributed by atoms with Crippen molar-refractivity contribution in [1.29, 1.82) is 0 Å². The molecular weight excluding hydrogens is 204 g/mol. The smallest absolute Gasteiger partial charge is 0.199 e. The molecular formula is C9H7O4S-. The second-order valence-corrected chi connectivity index (χ2v) is 4.36. The van der Waals surface area contributed by atoms with Gasteiger partial charge in [0.1, 0.15) is 0 Å². The normalized spacial score (nSPS) is 10.9. The summed E-state index contributed by atoms with van der Waals surface area (Å²) in [6.07, 6.45) is 0. The first-order valence-corrected chi connectivity index (χ1v) is 5.21. The Kier molecular flexibility index (Phi) is 2.71. The molecule has 0 unspecified atom stereocenters. The van der Waals surface area contributed by atoms with Crippen LogP contribution in [0.4, 0.5) is 0 Å². The number of benzene rings is 1. The Labute approximate surface area is 81.4 Å². The number of sulfone groups is 1. The van der Waals surface area contributed by atoms with E-state index in [1.807, 2.05) is 0 Å². The molecule has 0 fully saturated rings. The van der Waals surface area contributed by atoms with Gasteiger partial charge in [0, 0.05) is 11.0 Å². The van der Waals surface area contributed by atoms with Crippen LogP contribution in [-0.4, -0.2) is 14.4 Å². The summed E-state index contributed by atoms with van der Waals surface area (Å²) in [4.78, 5) is 10.3. The molecule has 0 bridgehead atoms. The lowest BCUT2D eigenvalue weighted by molar-refractivity contribution is -0.255. The Bertz CT molecular complexity index is 473. The van der Waals surface area contributed by atoms with Gasteiger partial charge in [-0.25, -0.2) is 8.42 Å². The van der Waals surface area contributed by atoms with Gasteiger partial charge >= 0.3 is 0 Å². The molecule has 74 valence electrons. The van der Waals surface area contributed by atoms with E-state index in [1.54, 1.807) is 0 Å². The molecule has 0 radical (unpaired) electrons. The van der Waals surface area contributed by atoms with Crippen LogP contribution in [0, 0.1) is 0 Å². The zero-order valence-corrected chi connectivity index (χ0v) is 7.95. The number of rotatable bonds is 3. The van der Waals surface area contributed by atoms with Crippen LogP contribution in [-0.2, 0) is 9.84 Å². The van der Waals surface area contributed by atoms with Gasteiger partial charge in [-0.2, -0.15) is 0 Å². The van der Waals surface area contributed by atoms with E-state index in [9.17, 15) is 18.3 Å². The molecule has 0 N–H and O–H groups in total. The zero-order valence-electron chi connectivity index (χ0n) is 7.14. The average Bonchev–Trinajstić information content (AvgIpc) is 2.18. The van der Waals surface area contributed by atoms with Crippen molar-refractivity contribution in [3.8, 4) is 0 Å². The van der Waals surface area contributed by atoms with Crippen molar-refractivity contribution in [1.82, 2.24) is 0 Å². The Morgan fingerprint density at radius 1 is 1.36 bits per heavy atom. The zero-order chi connectivity index (χ0) is 10.8. The summed E-state index contributed by atoms with van der Waals surface area (Å²) in [5, 5.41) is 11.3. The molecule has 14 heavy (non-hydrogen) atoms. The molecule has 1 aromatic carbocycles. The third-order valence-corrected chi connectivity index (χ3v) is 3.04. The highest BCUT2D eigenvalue weighted by atomic mass is 32.2. The van der Waals surface area contributed by atoms with Crippen molar-refractivity contribution in [3.63, 3.8) is 0 Å². The molecule has 0 aromatic heterocycles. The lowest BCUT2D eigenvalue weighted by Gasteiger charge is -2.07. The Balaban J connectivity index is 3.50. The second-order valence-electron chi connectivity index (χ2n) is 2.50. The van der Waals surface area contributed by atoms with Crippen LogP contribution >= 0.6 is 0 Å². The Morgan fingerprint density at radius 2 is 1.93 bits per heavy atom. The maximum absolute atomic E-state index is 11.3. The van der Waals surface area contributed by atoms with Gasteiger partial charge in [0.2, 0.25) is 0 Å². The maximum Gasteiger partial charge on any atom is 0.199 e. The number of aromatic carboxylic acids is 1. The monoisotopic (exact) mass is 211 g/mol. The lowest BCUT2D eigenvalue weighted by atomic mass is 10.2. The highest BCUT2D eigenvalue weighted by Crippen LogP contribution is 2.16. The number of hydrogen-bond acceptors (Lipinski definition) is 4. The van der Waals surface area contributed by atoms with Crippen LogP contribution < -0.4 is 5.11 Å². The van der Waals surface area contributed by atoms with Crippen LogP contribution in [0.2, 0.25) is 0 Å². The minimum absolute atomic E-state index is 0.296. The summed E-state index contributed by atoms with van der Waals surface area (Å²) in [6, 6.07) is 5.23. The van der Waals surface area contributed by atoms with Gasteiger partial charge in [-0.05, 0) is 6.07 Å². The van der Waals surface area contributed by atoms with Crippen LogP contribution in [0.1, 0.15) is 10.4 Å². The van der Waals surface area contributed by atoms with Gasteiger partial charge in [-0.15, -0.1) is 0 Å². The van der Waals surface area contributed by atoms with E-state index >= 15 is 0 Å². The van der Waals surface area contributed by atoms with E-state index in [1.165, 1.54) is 24.3 Å². The molecule has 0 amide bonds. The number of carboxylic acids is 1. The fraction of sp³-hybridized carbons (Fsp3) is 0. The number of carbonyl (C=O) groups excluding carboxylic acids is 1. The van der Waals surface area contributed by atoms with Gasteiger partial charge in [0.15, 0.2) is 9.84 Å². The van der Waals surface area contributed by atoms with Crippen LogP contribution in [0.15, 0.2) is 41.1 Å². The van der Waals surface area contributed by atoms with Crippen molar-refractivity contribution >= 4 is 15.8 Å². The summed E-state index contributed by atoms with van der Waals surface area (Å²) < 4.78 is 22.6. The Hall–Kier alpha value is -1.62. The fourth-order valence-electron chi connectivity index (χ4n) is 0.973. The van der Waals surface area contributed by atoms with Gasteiger partial charge in [-0.3, -0.25) is 0 Å². The molecule has 4 nitrogen and oxygen atoms in total. The highest BCUT2D eigenvalue weighted by Gasteiger charge is 2.14. The van der Waals surface area contributed by atoms with Gasteiger partial charge < -0.3 is 9.90 Å². The predicted octanol–water partition coefficient (Wildman–Crippen LogP) is -0.0327. The standard InChI is InChI=1S/C9H8O4S/c1-2-14(12,13)8-6-4-3-5-7(8)9(10)11/h2-6H,1H2,(H,10,11)/p-1. The lowest BCUT2D eigenvalue weighted by Crippen LogP contribution is -2.24. The topological polar surface area (TPSA) is 74.3 Å². The van der Waals surface area contributed by atoms with E-state index in [0.29, 0.717) is 5.41 Å². The third kappa shape index (κ3) is 1.82. The fourth-order valence-corrected chi connectivity index (χ4v) is 1.88. The quantitative estimate of drug-likeness (QED) is 0.703. The summed E-state index contributed by atoms with van der Waals surface area (Å²) in [5.41, 5.74) is -0.354. The first-order valence-electron chi connectivity index (χ1n) is 3.67. The molecule has 0 atom stereocenters. The molecule has 0 saturated carbocycles. The SMILES string of the molecule is C=CS(=O)(=O)c1ccccc1C(=O)[O-]. The number of carbonyl (C=O) groups is 1. The van der Waals surface area contributed by atoms with Gasteiger partial charge in [0.25, 0.3) is 0 Å². The van der Waals surface area contributed by atoms with E-state index in [2.05, 4.69) is 6.58 Å². The van der Waals surface area contributed by atoms with Crippen LogP contribution in [0.5, 0.6) is 0 Å². The Morgan fingerprint density at radius 3 is 2.43 bits per heavy atom. The number of carboxylic acid groups (broad SMARTS) is 1. The molecule has 0 aliphatic heterocycles. The van der Waals surface area contributed by atoms with E-state index in [-0.39, 0.29) is 10.5 Å². The minimum Gasteiger partial charge on any atom is -0.545 e. The van der Waals surface area contributed by atoms with E-state index in [0.717, 1.165) is 0 Å². The summed E-state index contributed by atoms with van der Waals surface area (Å²) >= 11 is 0. The molecule has 0 aliphatic carbocycles. The van der Waals surface area contributed by atoms with E-state index in [4.69, 9.17) is 0 Å². The van der Waals surface area contributed by atoms with Crippen molar-refractivity contribution < 1.29 is 18.3 Å². The van der Waals surface area contributed by atoms with Crippen LogP contribution in [0.25, 0.3) is 0 Å². The minimum atomic E-state index is -3.73. The largest absolute Gasteiger partial charge is 0.545 e. The molecule has 0 aliphatic rings. The number of hydrogen-bond donors (Lipinski definition) is 0. The molecule has 0 spiro atoms. The predicted molar refractivity (Wildman–Crippen MR) is 48.2 cm³/mol. The maximum atomic E-state index is 11.3. The molecule has 5 heteroatoms. The first-order chi connectivity index (χ1) is 6.49. The van der Waals surface area contributed by atoms with Crippen molar-refractivity contribution in [2.45, 2.75) is 4.90 Å². The average molecular weight is 211 g/mol. The van der Waals surface area contributed by atoms with Crippen molar-refractivity contribution in [2.24, 2.45) is 0 Å².